The molecule has 0 radical (unpaired) electrons. The topological polar surface area (TPSA) is 32.3 Å². The third-order valence-electron chi connectivity index (χ3n) is 5.66. The Balaban J connectivity index is 1.65. The molecule has 30 heavy (non-hydrogen) atoms. The smallest absolute Gasteiger partial charge is 0.238 e. The number of nitrogens with one attached hydrogen (secondary N) is 1. The van der Waals surface area contributed by atoms with Crippen molar-refractivity contribution in [3.63, 3.8) is 0 Å². The molecule has 0 saturated heterocycles. The van der Waals surface area contributed by atoms with Gasteiger partial charge in [0.2, 0.25) is 5.91 Å². The normalized spacial score (nSPS) is 16.7. The summed E-state index contributed by atoms with van der Waals surface area (Å²) >= 11 is 3.62. The fraction of sp³-hybridized carbons (Fsp3) is 0.115. The van der Waals surface area contributed by atoms with E-state index in [4.69, 9.17) is 0 Å². The van der Waals surface area contributed by atoms with Crippen LogP contribution >= 0.6 is 15.9 Å². The number of benzene rings is 4. The summed E-state index contributed by atoms with van der Waals surface area (Å²) in [7, 11) is 0. The zero-order chi connectivity index (χ0) is 20.5. The Kier molecular flexibility index (Phi) is 5.11. The lowest BCUT2D eigenvalue weighted by Crippen LogP contribution is -2.33. The highest BCUT2D eigenvalue weighted by atomic mass is 79.9. The second-order valence-electron chi connectivity index (χ2n) is 7.64. The Morgan fingerprint density at radius 2 is 1.67 bits per heavy atom. The van der Waals surface area contributed by atoms with Crippen molar-refractivity contribution in [2.45, 2.75) is 12.6 Å². The molecule has 0 aromatic heterocycles. The molecule has 148 valence electrons. The molecule has 1 atom stereocenters. The van der Waals surface area contributed by atoms with E-state index in [1.165, 1.54) is 21.9 Å². The molecule has 0 bridgehead atoms. The van der Waals surface area contributed by atoms with Crippen molar-refractivity contribution in [1.29, 1.82) is 0 Å². The Bertz CT molecular complexity index is 1220. The largest absolute Gasteiger partial charge is 0.325 e. The number of amides is 1. The van der Waals surface area contributed by atoms with E-state index in [9.17, 15) is 4.79 Å². The molecule has 1 aliphatic rings. The molecule has 5 rings (SSSR count). The summed E-state index contributed by atoms with van der Waals surface area (Å²) in [5, 5.41) is 5.54. The molecule has 1 aliphatic heterocycles. The minimum Gasteiger partial charge on any atom is -0.325 e. The first kappa shape index (κ1) is 19.0. The molecule has 1 heterocycles. The number of carbonyl (C=O) groups excluding carboxylic acids is 1. The number of halogens is 1. The molecular weight excluding hydrogens is 436 g/mol. The minimum absolute atomic E-state index is 0.0113. The number of anilines is 1. The monoisotopic (exact) mass is 456 g/mol. The molecule has 1 N–H and O–H groups in total. The van der Waals surface area contributed by atoms with Gasteiger partial charge in [-0.25, -0.2) is 0 Å². The molecule has 3 nitrogen and oxygen atoms in total. The average Bonchev–Trinajstić information content (AvgIpc) is 2.89. The van der Waals surface area contributed by atoms with Crippen LogP contribution in [-0.4, -0.2) is 17.4 Å². The standard InChI is InChI=1S/C26H21BrN2O/c27-21-13-14-24-23(15-21)26(19-8-2-1-3-9-19)29(17-25(30)28-24)16-20-11-6-10-18-7-4-5-12-22(18)20/h1-15,26H,16-17H2,(H,28,30). The number of nitrogens with zero attached hydrogens (tertiary/aromatic N) is 1. The van der Waals surface area contributed by atoms with Crippen LogP contribution in [0.4, 0.5) is 5.69 Å². The summed E-state index contributed by atoms with van der Waals surface area (Å²) in [5.74, 6) is 0.0113. The fourth-order valence-corrected chi connectivity index (χ4v) is 4.74. The molecule has 1 unspecified atom stereocenters. The van der Waals surface area contributed by atoms with Gasteiger partial charge in [0.05, 0.1) is 12.6 Å². The molecule has 0 saturated carbocycles. The molecule has 4 aromatic rings. The molecule has 1 amide bonds. The SMILES string of the molecule is O=C1CN(Cc2cccc3ccccc23)C(c2ccccc2)c2cc(Br)ccc2N1. The quantitative estimate of drug-likeness (QED) is 0.401. The third-order valence-corrected chi connectivity index (χ3v) is 6.16. The first-order chi connectivity index (χ1) is 14.7. The van der Waals surface area contributed by atoms with Gasteiger partial charge < -0.3 is 5.32 Å². The second kappa shape index (κ2) is 8.05. The summed E-state index contributed by atoms with van der Waals surface area (Å²) < 4.78 is 1.00. The maximum Gasteiger partial charge on any atom is 0.238 e. The average molecular weight is 457 g/mol. The highest BCUT2D eigenvalue weighted by Gasteiger charge is 2.30. The van der Waals surface area contributed by atoms with Gasteiger partial charge in [0.15, 0.2) is 0 Å². The molecule has 0 aliphatic carbocycles. The van der Waals surface area contributed by atoms with E-state index >= 15 is 0 Å². The summed E-state index contributed by atoms with van der Waals surface area (Å²) in [6.45, 7) is 1.01. The minimum atomic E-state index is -0.0309. The summed E-state index contributed by atoms with van der Waals surface area (Å²) in [5.41, 5.74) is 4.37. The highest BCUT2D eigenvalue weighted by molar-refractivity contribution is 9.10. The molecule has 4 aromatic carbocycles. The van der Waals surface area contributed by atoms with Crippen molar-refractivity contribution in [1.82, 2.24) is 4.90 Å². The van der Waals surface area contributed by atoms with Crippen LogP contribution in [0.1, 0.15) is 22.7 Å². The van der Waals surface area contributed by atoms with Crippen LogP contribution in [0.2, 0.25) is 0 Å². The number of hydrogen-bond donors (Lipinski definition) is 1. The van der Waals surface area contributed by atoms with Crippen LogP contribution in [0.25, 0.3) is 10.8 Å². The third kappa shape index (κ3) is 3.64. The number of hydrogen-bond acceptors (Lipinski definition) is 2. The fourth-order valence-electron chi connectivity index (χ4n) is 4.36. The van der Waals surface area contributed by atoms with E-state index in [2.05, 4.69) is 98.9 Å². The predicted molar refractivity (Wildman–Crippen MR) is 125 cm³/mol. The van der Waals surface area contributed by atoms with E-state index in [1.54, 1.807) is 0 Å². The van der Waals surface area contributed by atoms with Gasteiger partial charge in [0.1, 0.15) is 0 Å². The van der Waals surface area contributed by atoms with Crippen LogP contribution in [0.5, 0.6) is 0 Å². The number of rotatable bonds is 3. The van der Waals surface area contributed by atoms with Crippen LogP contribution < -0.4 is 5.32 Å². The molecular formula is C26H21BrN2O. The first-order valence-electron chi connectivity index (χ1n) is 10.0. The van der Waals surface area contributed by atoms with Gasteiger partial charge in [-0.15, -0.1) is 0 Å². The van der Waals surface area contributed by atoms with Crippen molar-refractivity contribution >= 4 is 38.3 Å². The highest BCUT2D eigenvalue weighted by Crippen LogP contribution is 2.38. The zero-order valence-corrected chi connectivity index (χ0v) is 18.0. The van der Waals surface area contributed by atoms with E-state index < -0.39 is 0 Å². The van der Waals surface area contributed by atoms with Gasteiger partial charge in [-0.2, -0.15) is 0 Å². The molecule has 0 fully saturated rings. The summed E-state index contributed by atoms with van der Waals surface area (Å²) in [6.07, 6.45) is 0. The van der Waals surface area contributed by atoms with E-state index in [0.717, 1.165) is 15.7 Å². The Morgan fingerprint density at radius 3 is 2.53 bits per heavy atom. The zero-order valence-electron chi connectivity index (χ0n) is 16.4. The van der Waals surface area contributed by atoms with E-state index in [1.807, 2.05) is 18.2 Å². The maximum atomic E-state index is 12.8. The second-order valence-corrected chi connectivity index (χ2v) is 8.55. The van der Waals surface area contributed by atoms with Crippen molar-refractivity contribution < 1.29 is 4.79 Å². The van der Waals surface area contributed by atoms with Gasteiger partial charge in [-0.3, -0.25) is 9.69 Å². The maximum absolute atomic E-state index is 12.8. The Hall–Kier alpha value is -2.95. The van der Waals surface area contributed by atoms with Gasteiger partial charge in [-0.05, 0) is 45.7 Å². The van der Waals surface area contributed by atoms with Crippen LogP contribution in [-0.2, 0) is 11.3 Å². The summed E-state index contributed by atoms with van der Waals surface area (Å²) in [4.78, 5) is 15.1. The lowest BCUT2D eigenvalue weighted by molar-refractivity contribution is -0.117. The van der Waals surface area contributed by atoms with Gasteiger partial charge in [0, 0.05) is 16.7 Å². The van der Waals surface area contributed by atoms with E-state index in [-0.39, 0.29) is 11.9 Å². The Labute approximate surface area is 184 Å². The summed E-state index contributed by atoms with van der Waals surface area (Å²) in [6, 6.07) is 31.3. The van der Waals surface area contributed by atoms with Gasteiger partial charge >= 0.3 is 0 Å². The predicted octanol–water partition coefficient (Wildman–Crippen LogP) is 6.15. The van der Waals surface area contributed by atoms with E-state index in [0.29, 0.717) is 13.1 Å². The van der Waals surface area contributed by atoms with Crippen molar-refractivity contribution in [2.75, 3.05) is 11.9 Å². The Morgan fingerprint density at radius 1 is 0.900 bits per heavy atom. The first-order valence-corrected chi connectivity index (χ1v) is 10.8. The van der Waals surface area contributed by atoms with Crippen LogP contribution in [0.15, 0.2) is 95.5 Å². The molecule has 0 spiro atoms. The van der Waals surface area contributed by atoms with Crippen molar-refractivity contribution in [3.8, 4) is 0 Å². The van der Waals surface area contributed by atoms with Crippen LogP contribution in [0, 0.1) is 0 Å². The lowest BCUT2D eigenvalue weighted by atomic mass is 9.95. The van der Waals surface area contributed by atoms with Crippen molar-refractivity contribution in [3.05, 3.63) is 112 Å². The van der Waals surface area contributed by atoms with Crippen LogP contribution in [0.3, 0.4) is 0 Å². The number of carbonyl (C=O) groups is 1. The lowest BCUT2D eigenvalue weighted by Gasteiger charge is -2.31. The van der Waals surface area contributed by atoms with Crippen molar-refractivity contribution in [2.24, 2.45) is 0 Å². The van der Waals surface area contributed by atoms with Gasteiger partial charge in [-0.1, -0.05) is 88.7 Å². The number of fused-ring (bicyclic) bond motifs is 2. The van der Waals surface area contributed by atoms with Gasteiger partial charge in [0.25, 0.3) is 0 Å². The molecule has 4 heteroatoms.